The molecule has 0 unspecified atom stereocenters. The fourth-order valence-corrected chi connectivity index (χ4v) is 3.13. The topological polar surface area (TPSA) is 77.8 Å². The standard InChI is InChI=1S/C20H22N4O/c21-13-15-6-5-9-17(12-15)24-20(25)19-11-10-18(14-22-19)23-16-7-3-1-2-4-8-16/h5-6,9-12,14,16,23H,1-4,7-8H2,(H,24,25). The maximum atomic E-state index is 12.3. The molecular weight excluding hydrogens is 312 g/mol. The Morgan fingerprint density at radius 1 is 1.08 bits per heavy atom. The zero-order valence-corrected chi connectivity index (χ0v) is 14.2. The Balaban J connectivity index is 1.61. The van der Waals surface area contributed by atoms with Crippen molar-refractivity contribution in [2.45, 2.75) is 44.6 Å². The lowest BCUT2D eigenvalue weighted by molar-refractivity contribution is 0.102. The van der Waals surface area contributed by atoms with Crippen LogP contribution in [0.15, 0.2) is 42.6 Å². The smallest absolute Gasteiger partial charge is 0.274 e. The second-order valence-corrected chi connectivity index (χ2v) is 6.41. The van der Waals surface area contributed by atoms with E-state index in [-0.39, 0.29) is 5.91 Å². The van der Waals surface area contributed by atoms with Gasteiger partial charge in [-0.15, -0.1) is 0 Å². The molecule has 1 amide bonds. The number of carbonyl (C=O) groups excluding carboxylic acids is 1. The number of anilines is 2. The third-order valence-electron chi connectivity index (χ3n) is 4.47. The number of nitrogens with zero attached hydrogens (tertiary/aromatic N) is 2. The lowest BCUT2D eigenvalue weighted by atomic mass is 10.1. The second kappa shape index (κ2) is 8.29. The molecule has 25 heavy (non-hydrogen) atoms. The van der Waals surface area contributed by atoms with E-state index < -0.39 is 0 Å². The Bertz CT molecular complexity index is 756. The molecule has 2 aromatic rings. The minimum atomic E-state index is -0.281. The molecule has 0 spiro atoms. The Hall–Kier alpha value is -2.87. The molecule has 0 bridgehead atoms. The number of hydrogen-bond donors (Lipinski definition) is 2. The van der Waals surface area contributed by atoms with Crippen LogP contribution in [0.2, 0.25) is 0 Å². The molecule has 0 radical (unpaired) electrons. The van der Waals surface area contributed by atoms with Gasteiger partial charge in [0.15, 0.2) is 0 Å². The Labute approximate surface area is 148 Å². The first-order chi connectivity index (χ1) is 12.2. The zero-order valence-electron chi connectivity index (χ0n) is 14.2. The van der Waals surface area contributed by atoms with Crippen LogP contribution >= 0.6 is 0 Å². The average Bonchev–Trinajstić information content (AvgIpc) is 2.91. The molecular formula is C20H22N4O. The molecule has 5 nitrogen and oxygen atoms in total. The third-order valence-corrected chi connectivity index (χ3v) is 4.47. The van der Waals surface area contributed by atoms with Crippen molar-refractivity contribution in [3.05, 3.63) is 53.9 Å². The number of rotatable bonds is 4. The lowest BCUT2D eigenvalue weighted by Crippen LogP contribution is -2.19. The van der Waals surface area contributed by atoms with E-state index in [1.165, 1.54) is 38.5 Å². The maximum Gasteiger partial charge on any atom is 0.274 e. The summed E-state index contributed by atoms with van der Waals surface area (Å²) in [5, 5.41) is 15.2. The van der Waals surface area contributed by atoms with Crippen LogP contribution in [0.3, 0.4) is 0 Å². The van der Waals surface area contributed by atoms with Crippen molar-refractivity contribution in [3.63, 3.8) is 0 Å². The van der Waals surface area contributed by atoms with Gasteiger partial charge in [0.05, 0.1) is 23.5 Å². The van der Waals surface area contributed by atoms with Gasteiger partial charge in [-0.05, 0) is 43.2 Å². The van der Waals surface area contributed by atoms with Crippen molar-refractivity contribution in [3.8, 4) is 6.07 Å². The predicted octanol–water partition coefficient (Wildman–Crippen LogP) is 4.34. The fourth-order valence-electron chi connectivity index (χ4n) is 3.13. The van der Waals surface area contributed by atoms with E-state index in [1.807, 2.05) is 6.07 Å². The van der Waals surface area contributed by atoms with Gasteiger partial charge in [0.1, 0.15) is 5.69 Å². The van der Waals surface area contributed by atoms with E-state index >= 15 is 0 Å². The Morgan fingerprint density at radius 2 is 1.88 bits per heavy atom. The molecule has 3 rings (SSSR count). The van der Waals surface area contributed by atoms with Crippen molar-refractivity contribution in [2.75, 3.05) is 10.6 Å². The van der Waals surface area contributed by atoms with Crippen LogP contribution in [0, 0.1) is 11.3 Å². The van der Waals surface area contributed by atoms with Gasteiger partial charge in [-0.1, -0.05) is 31.7 Å². The summed E-state index contributed by atoms with van der Waals surface area (Å²) in [6, 6.07) is 13.0. The quantitative estimate of drug-likeness (QED) is 0.815. The van der Waals surface area contributed by atoms with Crippen molar-refractivity contribution >= 4 is 17.3 Å². The molecule has 5 heteroatoms. The van der Waals surface area contributed by atoms with Gasteiger partial charge in [0, 0.05) is 11.7 Å². The van der Waals surface area contributed by atoms with Gasteiger partial charge >= 0.3 is 0 Å². The van der Waals surface area contributed by atoms with Gasteiger partial charge in [-0.2, -0.15) is 5.26 Å². The third kappa shape index (κ3) is 4.80. The number of carbonyl (C=O) groups is 1. The first-order valence-electron chi connectivity index (χ1n) is 8.79. The van der Waals surface area contributed by atoms with Crippen LogP contribution in [0.5, 0.6) is 0 Å². The molecule has 1 aliphatic rings. The van der Waals surface area contributed by atoms with Crippen LogP contribution in [0.25, 0.3) is 0 Å². The summed E-state index contributed by atoms with van der Waals surface area (Å²) in [4.78, 5) is 16.6. The number of nitriles is 1. The SMILES string of the molecule is N#Cc1cccc(NC(=O)c2ccc(NC3CCCCCC3)cn2)c1. The summed E-state index contributed by atoms with van der Waals surface area (Å²) in [6.07, 6.45) is 9.28. The highest BCUT2D eigenvalue weighted by Gasteiger charge is 2.13. The molecule has 2 N–H and O–H groups in total. The molecule has 1 aliphatic carbocycles. The fraction of sp³-hybridized carbons (Fsp3) is 0.350. The molecule has 1 heterocycles. The number of aromatic nitrogens is 1. The summed E-state index contributed by atoms with van der Waals surface area (Å²) in [5.41, 5.74) is 2.41. The monoisotopic (exact) mass is 334 g/mol. The molecule has 1 fully saturated rings. The van der Waals surface area contributed by atoms with Crippen LogP contribution in [-0.2, 0) is 0 Å². The van der Waals surface area contributed by atoms with Gasteiger partial charge < -0.3 is 10.6 Å². The summed E-state index contributed by atoms with van der Waals surface area (Å²) in [6.45, 7) is 0. The molecule has 1 aromatic heterocycles. The largest absolute Gasteiger partial charge is 0.381 e. The molecule has 1 aromatic carbocycles. The van der Waals surface area contributed by atoms with Crippen LogP contribution in [-0.4, -0.2) is 16.9 Å². The molecule has 0 aliphatic heterocycles. The van der Waals surface area contributed by atoms with Crippen LogP contribution < -0.4 is 10.6 Å². The molecule has 128 valence electrons. The van der Waals surface area contributed by atoms with Crippen molar-refractivity contribution in [1.82, 2.24) is 4.98 Å². The lowest BCUT2D eigenvalue weighted by Gasteiger charge is -2.17. The summed E-state index contributed by atoms with van der Waals surface area (Å²) in [5.74, 6) is -0.281. The number of pyridine rings is 1. The van der Waals surface area contributed by atoms with E-state index in [1.54, 1.807) is 36.5 Å². The van der Waals surface area contributed by atoms with E-state index in [0.29, 0.717) is 23.0 Å². The number of nitrogens with one attached hydrogen (secondary N) is 2. The van der Waals surface area contributed by atoms with Crippen LogP contribution in [0.1, 0.15) is 54.6 Å². The van der Waals surface area contributed by atoms with Crippen molar-refractivity contribution in [2.24, 2.45) is 0 Å². The minimum absolute atomic E-state index is 0.281. The Morgan fingerprint density at radius 3 is 2.56 bits per heavy atom. The van der Waals surface area contributed by atoms with E-state index in [2.05, 4.69) is 21.7 Å². The van der Waals surface area contributed by atoms with E-state index in [4.69, 9.17) is 5.26 Å². The maximum absolute atomic E-state index is 12.3. The summed E-state index contributed by atoms with van der Waals surface area (Å²) in [7, 11) is 0. The average molecular weight is 334 g/mol. The first-order valence-corrected chi connectivity index (χ1v) is 8.79. The highest BCUT2D eigenvalue weighted by Crippen LogP contribution is 2.21. The van der Waals surface area contributed by atoms with Gasteiger partial charge in [0.25, 0.3) is 5.91 Å². The number of hydrogen-bond acceptors (Lipinski definition) is 4. The Kier molecular flexibility index (Phi) is 5.63. The molecule has 1 saturated carbocycles. The number of benzene rings is 1. The predicted molar refractivity (Wildman–Crippen MR) is 98.5 cm³/mol. The van der Waals surface area contributed by atoms with Gasteiger partial charge in [-0.25, -0.2) is 4.98 Å². The first kappa shape index (κ1) is 17.0. The second-order valence-electron chi connectivity index (χ2n) is 6.41. The number of amides is 1. The van der Waals surface area contributed by atoms with E-state index in [9.17, 15) is 4.79 Å². The highest BCUT2D eigenvalue weighted by atomic mass is 16.1. The highest BCUT2D eigenvalue weighted by molar-refractivity contribution is 6.03. The summed E-state index contributed by atoms with van der Waals surface area (Å²) < 4.78 is 0. The zero-order chi connectivity index (χ0) is 17.5. The van der Waals surface area contributed by atoms with Crippen LogP contribution in [0.4, 0.5) is 11.4 Å². The molecule has 0 atom stereocenters. The molecule has 0 saturated heterocycles. The van der Waals surface area contributed by atoms with Gasteiger partial charge in [0.2, 0.25) is 0 Å². The van der Waals surface area contributed by atoms with Crippen molar-refractivity contribution in [1.29, 1.82) is 5.26 Å². The minimum Gasteiger partial charge on any atom is -0.381 e. The van der Waals surface area contributed by atoms with Crippen molar-refractivity contribution < 1.29 is 4.79 Å². The summed E-state index contributed by atoms with van der Waals surface area (Å²) >= 11 is 0. The van der Waals surface area contributed by atoms with E-state index in [0.717, 1.165) is 5.69 Å². The normalized spacial score (nSPS) is 15.0. The van der Waals surface area contributed by atoms with Gasteiger partial charge in [-0.3, -0.25) is 4.79 Å².